The lowest BCUT2D eigenvalue weighted by molar-refractivity contribution is -0.141. The first-order chi connectivity index (χ1) is 17.9. The molecule has 2 amide bonds. The number of amides is 2. The minimum absolute atomic E-state index is 0.00730. The zero-order valence-corrected chi connectivity index (χ0v) is 24.7. The molecule has 210 valence electrons. The largest absolute Gasteiger partial charge is 0.495 e. The Bertz CT molecular complexity index is 1200. The highest BCUT2D eigenvalue weighted by molar-refractivity contribution is 7.92. The smallest absolute Gasteiger partial charge is 0.243 e. The van der Waals surface area contributed by atoms with Crippen LogP contribution in [0.2, 0.25) is 5.02 Å². The van der Waals surface area contributed by atoms with Crippen molar-refractivity contribution in [3.8, 4) is 5.75 Å². The lowest BCUT2D eigenvalue weighted by Crippen LogP contribution is -2.50. The van der Waals surface area contributed by atoms with Crippen molar-refractivity contribution in [3.05, 3.63) is 58.6 Å². The molecule has 38 heavy (non-hydrogen) atoms. The SMILES string of the molecule is CC[C@@H](C)NC(=O)[C@H](CC)N(Cc1cccc(C)c1)C(=O)CCCN(c1ccc(OC)c(Cl)c1)S(C)(=O)=O. The maximum absolute atomic E-state index is 13.5. The van der Waals surface area contributed by atoms with Gasteiger partial charge in [-0.1, -0.05) is 55.3 Å². The molecule has 2 aromatic carbocycles. The van der Waals surface area contributed by atoms with Gasteiger partial charge in [-0.2, -0.15) is 0 Å². The molecule has 8 nitrogen and oxygen atoms in total. The zero-order valence-electron chi connectivity index (χ0n) is 23.2. The number of halogens is 1. The van der Waals surface area contributed by atoms with Gasteiger partial charge in [0.25, 0.3) is 0 Å². The van der Waals surface area contributed by atoms with E-state index in [0.29, 0.717) is 17.9 Å². The lowest BCUT2D eigenvalue weighted by atomic mass is 10.1. The standard InChI is InChI=1S/C28H40ClN3O5S/c1-7-21(4)30-28(34)25(8-2)31(19-22-12-9-11-20(3)17-22)27(33)13-10-16-32(38(6,35)36)23-14-15-26(37-5)24(29)18-23/h9,11-12,14-15,17-18,21,25H,7-8,10,13,16,19H2,1-6H3,(H,30,34)/t21-,25+/m1/s1. The third-order valence-corrected chi connectivity index (χ3v) is 7.89. The van der Waals surface area contributed by atoms with Crippen LogP contribution < -0.4 is 14.4 Å². The predicted octanol–water partition coefficient (Wildman–Crippen LogP) is 4.93. The second-order valence-electron chi connectivity index (χ2n) is 9.51. The van der Waals surface area contributed by atoms with Gasteiger partial charge in [0.15, 0.2) is 0 Å². The summed E-state index contributed by atoms with van der Waals surface area (Å²) >= 11 is 6.22. The monoisotopic (exact) mass is 565 g/mol. The molecule has 0 heterocycles. The molecule has 0 fully saturated rings. The fourth-order valence-electron chi connectivity index (χ4n) is 4.18. The molecule has 0 saturated heterocycles. The van der Waals surface area contributed by atoms with Gasteiger partial charge in [-0.15, -0.1) is 0 Å². The van der Waals surface area contributed by atoms with Crippen LogP contribution in [0.1, 0.15) is 57.6 Å². The number of nitrogens with one attached hydrogen (secondary N) is 1. The Labute approximate surface area is 232 Å². The van der Waals surface area contributed by atoms with Crippen LogP contribution in [0.4, 0.5) is 5.69 Å². The van der Waals surface area contributed by atoms with Gasteiger partial charge in [-0.05, 0) is 56.9 Å². The number of anilines is 1. The summed E-state index contributed by atoms with van der Waals surface area (Å²) in [7, 11) is -2.15. The van der Waals surface area contributed by atoms with Crippen molar-refractivity contribution in [2.24, 2.45) is 0 Å². The average molecular weight is 566 g/mol. The van der Waals surface area contributed by atoms with Crippen molar-refractivity contribution in [1.29, 1.82) is 0 Å². The zero-order chi connectivity index (χ0) is 28.5. The number of benzene rings is 2. The topological polar surface area (TPSA) is 96.0 Å². The van der Waals surface area contributed by atoms with Crippen LogP contribution in [-0.2, 0) is 26.2 Å². The Kier molecular flexibility index (Phi) is 11.9. The summed E-state index contributed by atoms with van der Waals surface area (Å²) in [5.41, 5.74) is 2.38. The second kappa shape index (κ2) is 14.4. The van der Waals surface area contributed by atoms with E-state index in [9.17, 15) is 18.0 Å². The van der Waals surface area contributed by atoms with E-state index in [-0.39, 0.29) is 48.8 Å². The first kappa shape index (κ1) is 31.4. The third kappa shape index (κ3) is 8.91. The molecule has 0 spiro atoms. The van der Waals surface area contributed by atoms with Gasteiger partial charge in [-0.25, -0.2) is 8.42 Å². The fraction of sp³-hybridized carbons (Fsp3) is 0.500. The van der Waals surface area contributed by atoms with Crippen LogP contribution in [0.5, 0.6) is 5.75 Å². The highest BCUT2D eigenvalue weighted by Crippen LogP contribution is 2.30. The van der Waals surface area contributed by atoms with Crippen molar-refractivity contribution in [2.75, 3.05) is 24.2 Å². The number of hydrogen-bond acceptors (Lipinski definition) is 5. The van der Waals surface area contributed by atoms with Crippen LogP contribution in [-0.4, -0.2) is 57.1 Å². The van der Waals surface area contributed by atoms with Gasteiger partial charge in [-0.3, -0.25) is 13.9 Å². The Morgan fingerprint density at radius 1 is 1.11 bits per heavy atom. The molecule has 0 aliphatic heterocycles. The average Bonchev–Trinajstić information content (AvgIpc) is 2.85. The molecule has 10 heteroatoms. The Hall–Kier alpha value is -2.78. The van der Waals surface area contributed by atoms with Crippen LogP contribution >= 0.6 is 11.6 Å². The summed E-state index contributed by atoms with van der Waals surface area (Å²) < 4.78 is 31.5. The van der Waals surface area contributed by atoms with Crippen LogP contribution in [0, 0.1) is 6.92 Å². The molecule has 1 N–H and O–H groups in total. The molecule has 0 saturated carbocycles. The van der Waals surface area contributed by atoms with Crippen molar-refractivity contribution >= 4 is 39.1 Å². The minimum atomic E-state index is -3.63. The molecule has 2 atom stereocenters. The number of nitrogens with zero attached hydrogens (tertiary/aromatic N) is 2. The number of rotatable bonds is 14. The number of ether oxygens (including phenoxy) is 1. The normalized spacial score (nSPS) is 12.9. The molecule has 2 rings (SSSR count). The van der Waals surface area contributed by atoms with Gasteiger partial charge >= 0.3 is 0 Å². The molecule has 0 unspecified atom stereocenters. The van der Waals surface area contributed by atoms with E-state index in [0.717, 1.165) is 23.8 Å². The Morgan fingerprint density at radius 2 is 1.82 bits per heavy atom. The van der Waals surface area contributed by atoms with Crippen molar-refractivity contribution < 1.29 is 22.7 Å². The van der Waals surface area contributed by atoms with E-state index >= 15 is 0 Å². The first-order valence-electron chi connectivity index (χ1n) is 12.9. The van der Waals surface area contributed by atoms with Gasteiger partial charge in [0.2, 0.25) is 21.8 Å². The number of hydrogen-bond donors (Lipinski definition) is 1. The van der Waals surface area contributed by atoms with E-state index in [1.807, 2.05) is 52.0 Å². The van der Waals surface area contributed by atoms with Crippen molar-refractivity contribution in [3.63, 3.8) is 0 Å². The van der Waals surface area contributed by atoms with Gasteiger partial charge in [0.05, 0.1) is 24.1 Å². The molecular weight excluding hydrogens is 526 g/mol. The number of carbonyl (C=O) groups is 2. The van der Waals surface area contributed by atoms with Crippen LogP contribution in [0.25, 0.3) is 0 Å². The van der Waals surface area contributed by atoms with Crippen LogP contribution in [0.15, 0.2) is 42.5 Å². The highest BCUT2D eigenvalue weighted by Gasteiger charge is 2.29. The summed E-state index contributed by atoms with van der Waals surface area (Å²) in [6, 6.07) is 11.9. The number of aryl methyl sites for hydroxylation is 1. The molecule has 0 aliphatic carbocycles. The van der Waals surface area contributed by atoms with E-state index in [2.05, 4.69) is 5.32 Å². The van der Waals surface area contributed by atoms with Gasteiger partial charge < -0.3 is 15.0 Å². The lowest BCUT2D eigenvalue weighted by Gasteiger charge is -2.32. The molecule has 2 aromatic rings. The van der Waals surface area contributed by atoms with E-state index < -0.39 is 16.1 Å². The predicted molar refractivity (Wildman–Crippen MR) is 153 cm³/mol. The molecular formula is C28H40ClN3O5S. The van der Waals surface area contributed by atoms with Crippen molar-refractivity contribution in [2.45, 2.75) is 72.0 Å². The van der Waals surface area contributed by atoms with E-state index in [1.165, 1.54) is 17.5 Å². The summed E-state index contributed by atoms with van der Waals surface area (Å²) in [6.07, 6.45) is 2.70. The summed E-state index contributed by atoms with van der Waals surface area (Å²) in [6.45, 7) is 8.16. The Morgan fingerprint density at radius 3 is 2.37 bits per heavy atom. The van der Waals surface area contributed by atoms with Gasteiger partial charge in [0.1, 0.15) is 11.8 Å². The molecule has 0 bridgehead atoms. The van der Waals surface area contributed by atoms with E-state index in [4.69, 9.17) is 16.3 Å². The highest BCUT2D eigenvalue weighted by atomic mass is 35.5. The maximum atomic E-state index is 13.5. The summed E-state index contributed by atoms with van der Waals surface area (Å²) in [5, 5.41) is 3.29. The number of carbonyl (C=O) groups excluding carboxylic acids is 2. The van der Waals surface area contributed by atoms with E-state index in [1.54, 1.807) is 17.0 Å². The molecule has 0 radical (unpaired) electrons. The molecule has 0 aromatic heterocycles. The van der Waals surface area contributed by atoms with Gasteiger partial charge in [0, 0.05) is 25.6 Å². The van der Waals surface area contributed by atoms with Crippen molar-refractivity contribution in [1.82, 2.24) is 10.2 Å². The third-order valence-electron chi connectivity index (χ3n) is 6.40. The quantitative estimate of drug-likeness (QED) is 0.350. The fourth-order valence-corrected chi connectivity index (χ4v) is 5.39. The number of methoxy groups -OCH3 is 1. The number of sulfonamides is 1. The first-order valence-corrected chi connectivity index (χ1v) is 15.1. The Balaban J connectivity index is 2.25. The summed E-state index contributed by atoms with van der Waals surface area (Å²) in [5.74, 6) is 0.0412. The summed E-state index contributed by atoms with van der Waals surface area (Å²) in [4.78, 5) is 28.3. The molecule has 0 aliphatic rings. The van der Waals surface area contributed by atoms with Crippen LogP contribution in [0.3, 0.4) is 0 Å². The minimum Gasteiger partial charge on any atom is -0.495 e. The maximum Gasteiger partial charge on any atom is 0.243 e. The second-order valence-corrected chi connectivity index (χ2v) is 11.8.